The van der Waals surface area contributed by atoms with Crippen LogP contribution in [0.3, 0.4) is 0 Å². The minimum Gasteiger partial charge on any atom is -0.151 e. The van der Waals surface area contributed by atoms with Gasteiger partial charge in [0, 0.05) is 24.6 Å². The van der Waals surface area contributed by atoms with Crippen LogP contribution in [0, 0.1) is 6.92 Å². The van der Waals surface area contributed by atoms with Crippen molar-refractivity contribution in [2.75, 3.05) is 12.1 Å². The number of nitrogens with zero attached hydrogens (tertiary/aromatic N) is 2. The zero-order chi connectivity index (χ0) is 18.6. The van der Waals surface area contributed by atoms with Crippen LogP contribution in [0.15, 0.2) is 103 Å². The highest BCUT2D eigenvalue weighted by Crippen LogP contribution is 2.26. The molecule has 0 spiro atoms. The number of rotatable bonds is 4. The van der Waals surface area contributed by atoms with Gasteiger partial charge < -0.3 is 0 Å². The Morgan fingerprint density at radius 1 is 0.593 bits per heavy atom. The second-order valence-electron chi connectivity index (χ2n) is 6.67. The molecule has 1 heterocycles. The summed E-state index contributed by atoms with van der Waals surface area (Å²) >= 11 is 0. The summed E-state index contributed by atoms with van der Waals surface area (Å²) < 4.78 is 2.27. The fourth-order valence-corrected chi connectivity index (χ4v) is 3.50. The Labute approximate surface area is 160 Å². The van der Waals surface area contributed by atoms with E-state index in [9.17, 15) is 0 Å². The third-order valence-corrected chi connectivity index (χ3v) is 4.83. The molecule has 27 heavy (non-hydrogen) atoms. The molecule has 0 atom stereocenters. The van der Waals surface area contributed by atoms with Crippen LogP contribution in [0.4, 0.5) is 5.69 Å². The molecular formula is C25H23N2+. The van der Waals surface area contributed by atoms with Crippen molar-refractivity contribution in [2.24, 2.45) is 0 Å². The first-order chi connectivity index (χ1) is 13.2. The average Bonchev–Trinajstić information content (AvgIpc) is 2.74. The number of para-hydroxylation sites is 1. The fourth-order valence-electron chi connectivity index (χ4n) is 3.50. The molecule has 0 saturated carbocycles. The van der Waals surface area contributed by atoms with Gasteiger partial charge in [-0.3, -0.25) is 0 Å². The summed E-state index contributed by atoms with van der Waals surface area (Å²) in [7, 11) is 2.11. The molecule has 0 unspecified atom stereocenters. The Bertz CT molecular complexity index is 1030. The third-order valence-electron chi connectivity index (χ3n) is 4.83. The van der Waals surface area contributed by atoms with Gasteiger partial charge in [0.15, 0.2) is 0 Å². The highest BCUT2D eigenvalue weighted by Gasteiger charge is 2.23. The summed E-state index contributed by atoms with van der Waals surface area (Å²) in [5, 5.41) is 2.20. The Morgan fingerprint density at radius 3 is 1.70 bits per heavy atom. The second kappa shape index (κ2) is 7.46. The maximum absolute atomic E-state index is 2.27. The summed E-state index contributed by atoms with van der Waals surface area (Å²) in [6.45, 7) is 2.16. The van der Waals surface area contributed by atoms with Crippen molar-refractivity contribution in [1.29, 1.82) is 0 Å². The Balaban J connectivity index is 1.93. The second-order valence-corrected chi connectivity index (χ2v) is 6.67. The van der Waals surface area contributed by atoms with Crippen LogP contribution in [0.1, 0.15) is 5.69 Å². The van der Waals surface area contributed by atoms with Gasteiger partial charge in [0.05, 0.1) is 12.7 Å². The van der Waals surface area contributed by atoms with Crippen molar-refractivity contribution in [3.63, 3.8) is 0 Å². The van der Waals surface area contributed by atoms with E-state index in [1.807, 2.05) is 6.07 Å². The first-order valence-corrected chi connectivity index (χ1v) is 9.20. The highest BCUT2D eigenvalue weighted by molar-refractivity contribution is 5.69. The number of hydrogen-bond acceptors (Lipinski definition) is 1. The molecule has 0 aliphatic rings. The molecule has 2 nitrogen and oxygen atoms in total. The fraction of sp³-hybridized carbons (Fsp3) is 0.0800. The van der Waals surface area contributed by atoms with Crippen molar-refractivity contribution in [2.45, 2.75) is 6.92 Å². The highest BCUT2D eigenvalue weighted by atomic mass is 15.5. The quantitative estimate of drug-likeness (QED) is 0.439. The molecule has 132 valence electrons. The molecule has 0 aliphatic carbocycles. The normalized spacial score (nSPS) is 10.6. The van der Waals surface area contributed by atoms with Crippen LogP contribution in [0.2, 0.25) is 0 Å². The van der Waals surface area contributed by atoms with E-state index in [4.69, 9.17) is 0 Å². The zero-order valence-corrected chi connectivity index (χ0v) is 15.7. The molecule has 0 aliphatic heterocycles. The van der Waals surface area contributed by atoms with E-state index in [2.05, 4.69) is 121 Å². The van der Waals surface area contributed by atoms with Crippen LogP contribution in [0.25, 0.3) is 22.4 Å². The predicted molar refractivity (Wildman–Crippen MR) is 112 cm³/mol. The standard InChI is InChI=1S/C25H23N2/c1-20-18-23(21-12-6-3-7-13-21)19-25(22-14-8-4-9-15-22)27(20)26(2)24-16-10-5-11-17-24/h3-19H,1-2H3/q+1. The van der Waals surface area contributed by atoms with Gasteiger partial charge in [-0.25, -0.2) is 0 Å². The summed E-state index contributed by atoms with van der Waals surface area (Å²) in [4.78, 5) is 0. The topological polar surface area (TPSA) is 7.12 Å². The summed E-state index contributed by atoms with van der Waals surface area (Å²) in [6, 6.07) is 36.1. The van der Waals surface area contributed by atoms with Gasteiger partial charge in [0.2, 0.25) is 11.4 Å². The van der Waals surface area contributed by atoms with E-state index in [-0.39, 0.29) is 0 Å². The van der Waals surface area contributed by atoms with Gasteiger partial charge in [-0.2, -0.15) is 5.01 Å². The minimum atomic E-state index is 1.15. The largest absolute Gasteiger partial charge is 0.243 e. The average molecular weight is 351 g/mol. The van der Waals surface area contributed by atoms with Crippen molar-refractivity contribution in [3.05, 3.63) is 109 Å². The molecule has 3 aromatic carbocycles. The summed E-state index contributed by atoms with van der Waals surface area (Å²) in [6.07, 6.45) is 0. The number of aryl methyl sites for hydroxylation is 1. The van der Waals surface area contributed by atoms with Gasteiger partial charge in [0.25, 0.3) is 0 Å². The number of aromatic nitrogens is 1. The molecule has 0 N–H and O–H groups in total. The smallest absolute Gasteiger partial charge is 0.151 e. The number of anilines is 1. The molecule has 0 bridgehead atoms. The lowest BCUT2D eigenvalue weighted by Crippen LogP contribution is -2.55. The maximum atomic E-state index is 2.27. The van der Waals surface area contributed by atoms with Crippen molar-refractivity contribution in [3.8, 4) is 22.4 Å². The monoisotopic (exact) mass is 351 g/mol. The van der Waals surface area contributed by atoms with E-state index in [0.29, 0.717) is 0 Å². The SMILES string of the molecule is Cc1cc(-c2ccccc2)cc(-c2ccccc2)[n+]1N(C)c1ccccc1. The van der Waals surface area contributed by atoms with E-state index < -0.39 is 0 Å². The van der Waals surface area contributed by atoms with Crippen LogP contribution in [-0.2, 0) is 0 Å². The molecule has 0 fully saturated rings. The predicted octanol–water partition coefficient (Wildman–Crippen LogP) is 5.52. The Kier molecular flexibility index (Phi) is 4.71. The van der Waals surface area contributed by atoms with Crippen molar-refractivity contribution < 1.29 is 4.68 Å². The zero-order valence-electron chi connectivity index (χ0n) is 15.7. The van der Waals surface area contributed by atoms with Gasteiger partial charge in [-0.1, -0.05) is 71.4 Å². The Hall–Kier alpha value is -3.39. The maximum Gasteiger partial charge on any atom is 0.243 e. The van der Waals surface area contributed by atoms with Crippen LogP contribution in [0.5, 0.6) is 0 Å². The van der Waals surface area contributed by atoms with Crippen LogP contribution < -0.4 is 9.69 Å². The number of pyridine rings is 1. The molecular weight excluding hydrogens is 328 g/mol. The number of benzene rings is 3. The van der Waals surface area contributed by atoms with Crippen LogP contribution >= 0.6 is 0 Å². The molecule has 4 aromatic rings. The minimum absolute atomic E-state index is 1.15. The van der Waals surface area contributed by atoms with E-state index in [0.717, 1.165) is 5.69 Å². The Morgan fingerprint density at radius 2 is 1.11 bits per heavy atom. The summed E-state index contributed by atoms with van der Waals surface area (Å²) in [5.74, 6) is 0. The van der Waals surface area contributed by atoms with Gasteiger partial charge in [0.1, 0.15) is 0 Å². The van der Waals surface area contributed by atoms with Gasteiger partial charge in [-0.15, -0.1) is 0 Å². The summed E-state index contributed by atoms with van der Waals surface area (Å²) in [5.41, 5.74) is 7.15. The van der Waals surface area contributed by atoms with Crippen molar-refractivity contribution in [1.82, 2.24) is 0 Å². The lowest BCUT2D eigenvalue weighted by atomic mass is 10.0. The molecule has 1 aromatic heterocycles. The van der Waals surface area contributed by atoms with Gasteiger partial charge >= 0.3 is 0 Å². The number of hydrogen-bond donors (Lipinski definition) is 0. The van der Waals surface area contributed by atoms with Crippen molar-refractivity contribution >= 4 is 5.69 Å². The molecule has 4 rings (SSSR count). The first-order valence-electron chi connectivity index (χ1n) is 9.20. The first kappa shape index (κ1) is 17.0. The lowest BCUT2D eigenvalue weighted by molar-refractivity contribution is -0.676. The molecule has 0 amide bonds. The lowest BCUT2D eigenvalue weighted by Gasteiger charge is -2.18. The van der Waals surface area contributed by atoms with Gasteiger partial charge in [-0.05, 0) is 35.4 Å². The van der Waals surface area contributed by atoms with E-state index >= 15 is 0 Å². The third kappa shape index (κ3) is 3.47. The molecule has 2 heteroatoms. The van der Waals surface area contributed by atoms with E-state index in [1.165, 1.54) is 28.1 Å². The van der Waals surface area contributed by atoms with E-state index in [1.54, 1.807) is 0 Å². The molecule has 0 radical (unpaired) electrons. The van der Waals surface area contributed by atoms with Crippen LogP contribution in [-0.4, -0.2) is 7.05 Å². The molecule has 0 saturated heterocycles.